The van der Waals surface area contributed by atoms with Crippen LogP contribution in [0, 0.1) is 23.7 Å². The molecular formula is C58H84N8O10. The minimum absolute atomic E-state index is 0.0189. The second kappa shape index (κ2) is 27.9. The molecule has 6 rings (SSSR count). The maximum Gasteiger partial charge on any atom is 0.253 e. The molecule has 4 N–H and O–H groups in total. The maximum atomic E-state index is 14.5. The van der Waals surface area contributed by atoms with Crippen molar-refractivity contribution in [3.8, 4) is 0 Å². The van der Waals surface area contributed by atoms with Crippen LogP contribution in [0.1, 0.15) is 116 Å². The molecule has 2 saturated heterocycles. The number of hydrogen-bond donors (Lipinski definition) is 4. The highest BCUT2D eigenvalue weighted by molar-refractivity contribution is 6.12. The van der Waals surface area contributed by atoms with Crippen LogP contribution in [-0.2, 0) is 60.8 Å². The maximum absolute atomic E-state index is 14.5. The van der Waals surface area contributed by atoms with Crippen molar-refractivity contribution in [2.75, 3.05) is 46.7 Å². The molecule has 0 aromatic heterocycles. The Morgan fingerprint density at radius 3 is 2.13 bits per heavy atom. The van der Waals surface area contributed by atoms with Gasteiger partial charge in [0.15, 0.2) is 0 Å². The Morgan fingerprint density at radius 1 is 0.816 bits per heavy atom. The number of unbranched alkanes of at least 4 members (excludes halogenated alkanes) is 2. The van der Waals surface area contributed by atoms with Crippen LogP contribution < -0.4 is 21.3 Å². The van der Waals surface area contributed by atoms with Gasteiger partial charge in [0.25, 0.3) is 11.8 Å². The van der Waals surface area contributed by atoms with Gasteiger partial charge in [0.2, 0.25) is 35.4 Å². The van der Waals surface area contributed by atoms with E-state index in [9.17, 15) is 38.4 Å². The largest absolute Gasteiger partial charge is 0.379 e. The van der Waals surface area contributed by atoms with Crippen molar-refractivity contribution < 1.29 is 47.8 Å². The Labute approximate surface area is 449 Å². The van der Waals surface area contributed by atoms with Gasteiger partial charge in [-0.15, -0.1) is 0 Å². The lowest BCUT2D eigenvalue weighted by Gasteiger charge is -2.41. The molecule has 1 unspecified atom stereocenters. The number of anilines is 1. The number of fused-ring (bicyclic) bond motifs is 2. The lowest BCUT2D eigenvalue weighted by Crippen LogP contribution is -2.60. The van der Waals surface area contributed by atoms with Crippen LogP contribution in [0.15, 0.2) is 66.7 Å². The third kappa shape index (κ3) is 14.9. The molecule has 2 bridgehead atoms. The zero-order valence-corrected chi connectivity index (χ0v) is 46.3. The number of amides is 8. The number of imide groups is 1. The SMILES string of the molecule is CC[C@H](C)[C@@H]([C@@H](CC(=O)N1CCC[C@H]1[C@H](OC)[C@@H](C)C(=O)N[C@@H](Cc1ccccc1)C(=O)Nc1ccc(CNC(=O)CCCCCN2C(=O)C=CC2=O)cc1)OC)N(C)C(=O)[C@@H](NC(=O)[C@@H]1C2CC[C@@H](C2)N1C)C(C)C. The van der Waals surface area contributed by atoms with Gasteiger partial charge in [0, 0.05) is 77.6 Å². The Bertz CT molecular complexity index is 2340. The molecule has 76 heavy (non-hydrogen) atoms. The van der Waals surface area contributed by atoms with E-state index in [0.717, 1.165) is 30.4 Å². The molecule has 18 nitrogen and oxygen atoms in total. The summed E-state index contributed by atoms with van der Waals surface area (Å²) < 4.78 is 12.2. The van der Waals surface area contributed by atoms with E-state index in [1.165, 1.54) is 24.2 Å². The Morgan fingerprint density at radius 2 is 1.51 bits per heavy atom. The third-order valence-electron chi connectivity index (χ3n) is 16.5. The van der Waals surface area contributed by atoms with Crippen molar-refractivity contribution in [1.29, 1.82) is 0 Å². The van der Waals surface area contributed by atoms with Gasteiger partial charge in [-0.05, 0) is 93.0 Å². The van der Waals surface area contributed by atoms with E-state index in [-0.39, 0.29) is 78.6 Å². The van der Waals surface area contributed by atoms with Gasteiger partial charge in [-0.25, -0.2) is 0 Å². The Kier molecular flexibility index (Phi) is 21.7. The van der Waals surface area contributed by atoms with Gasteiger partial charge in [-0.2, -0.15) is 0 Å². The van der Waals surface area contributed by atoms with E-state index in [2.05, 4.69) is 26.2 Å². The second-order valence-corrected chi connectivity index (χ2v) is 21.8. The smallest absolute Gasteiger partial charge is 0.253 e. The Hall–Kier alpha value is -5.98. The molecule has 0 radical (unpaired) electrons. The fourth-order valence-electron chi connectivity index (χ4n) is 11.9. The van der Waals surface area contributed by atoms with Crippen molar-refractivity contribution in [3.05, 3.63) is 77.9 Å². The lowest BCUT2D eigenvalue weighted by molar-refractivity contribution is -0.148. The molecule has 0 spiro atoms. The van der Waals surface area contributed by atoms with Gasteiger partial charge in [-0.3, -0.25) is 48.2 Å². The number of ether oxygens (including phenoxy) is 2. The zero-order chi connectivity index (χ0) is 55.2. The number of nitrogens with one attached hydrogen (secondary N) is 4. The minimum Gasteiger partial charge on any atom is -0.379 e. The van der Waals surface area contributed by atoms with Gasteiger partial charge in [-0.1, -0.05) is 89.9 Å². The van der Waals surface area contributed by atoms with E-state index in [1.54, 1.807) is 55.1 Å². The van der Waals surface area contributed by atoms with Crippen LogP contribution in [0.5, 0.6) is 0 Å². The van der Waals surface area contributed by atoms with Crippen LogP contribution in [0.4, 0.5) is 5.69 Å². The summed E-state index contributed by atoms with van der Waals surface area (Å²) in [7, 11) is 6.83. The molecular weight excluding hydrogens is 969 g/mol. The van der Waals surface area contributed by atoms with E-state index in [1.807, 2.05) is 65.1 Å². The summed E-state index contributed by atoms with van der Waals surface area (Å²) in [4.78, 5) is 114. The average molecular weight is 1050 g/mol. The van der Waals surface area contributed by atoms with Gasteiger partial charge in [0.05, 0.1) is 42.7 Å². The highest BCUT2D eigenvalue weighted by Crippen LogP contribution is 2.41. The van der Waals surface area contributed by atoms with E-state index in [0.29, 0.717) is 69.8 Å². The second-order valence-electron chi connectivity index (χ2n) is 21.8. The summed E-state index contributed by atoms with van der Waals surface area (Å²) in [6.07, 6.45) is 8.69. The molecule has 4 aliphatic rings. The van der Waals surface area contributed by atoms with Crippen LogP contribution >= 0.6 is 0 Å². The zero-order valence-electron chi connectivity index (χ0n) is 46.3. The van der Waals surface area contributed by atoms with E-state index < -0.39 is 54.1 Å². The molecule has 3 heterocycles. The number of likely N-dealkylation sites (N-methyl/N-ethyl adjacent to an activating group) is 2. The normalized spacial score (nSPS) is 22.0. The number of nitrogens with zero attached hydrogens (tertiary/aromatic N) is 4. The quantitative estimate of drug-likeness (QED) is 0.0658. The number of likely N-dealkylation sites (tertiary alicyclic amines) is 2. The van der Waals surface area contributed by atoms with Crippen molar-refractivity contribution in [2.24, 2.45) is 23.7 Å². The van der Waals surface area contributed by atoms with Crippen molar-refractivity contribution in [3.63, 3.8) is 0 Å². The van der Waals surface area contributed by atoms with Crippen LogP contribution in [0.3, 0.4) is 0 Å². The first-order chi connectivity index (χ1) is 36.4. The summed E-state index contributed by atoms with van der Waals surface area (Å²) in [5.74, 6) is -2.82. The van der Waals surface area contributed by atoms with Gasteiger partial charge in [0.1, 0.15) is 12.1 Å². The molecule has 2 aromatic carbocycles. The number of benzene rings is 2. The molecule has 1 saturated carbocycles. The monoisotopic (exact) mass is 1050 g/mol. The lowest BCUT2D eigenvalue weighted by atomic mass is 9.89. The number of carbonyl (C=O) groups excluding carboxylic acids is 8. The predicted molar refractivity (Wildman–Crippen MR) is 289 cm³/mol. The topological polar surface area (TPSA) is 216 Å². The van der Waals surface area contributed by atoms with E-state index >= 15 is 0 Å². The first-order valence-corrected chi connectivity index (χ1v) is 27.6. The number of rotatable bonds is 28. The van der Waals surface area contributed by atoms with Crippen molar-refractivity contribution in [2.45, 2.75) is 167 Å². The minimum atomic E-state index is -0.967. The Balaban J connectivity index is 1.05. The number of piperidine rings is 1. The fourth-order valence-corrected chi connectivity index (χ4v) is 11.9. The molecule has 8 amide bonds. The number of methoxy groups -OCH3 is 2. The first kappa shape index (κ1) is 59.3. The average Bonchev–Trinajstić information content (AvgIpc) is 4.23. The summed E-state index contributed by atoms with van der Waals surface area (Å²) >= 11 is 0. The molecule has 3 fully saturated rings. The summed E-state index contributed by atoms with van der Waals surface area (Å²) in [5.41, 5.74) is 2.17. The van der Waals surface area contributed by atoms with Crippen molar-refractivity contribution in [1.82, 2.24) is 35.6 Å². The molecule has 18 heteroatoms. The van der Waals surface area contributed by atoms with Crippen molar-refractivity contribution >= 4 is 52.9 Å². The molecule has 416 valence electrons. The highest BCUT2D eigenvalue weighted by atomic mass is 16.5. The molecule has 1 aliphatic carbocycles. The van der Waals surface area contributed by atoms with Crippen LogP contribution in [-0.4, -0.2) is 157 Å². The fraction of sp³-hybridized carbons (Fsp3) is 0.621. The van der Waals surface area contributed by atoms with E-state index in [4.69, 9.17) is 9.47 Å². The standard InChI is InChI=1S/C58H84N8O10/c1-10-37(4)52(64(7)58(74)51(36(2)3)62-57(73)53-41-24-27-43(33-41)63(53)6)46(75-8)34-50(70)65-31-17-20-45(65)54(76-9)38(5)55(71)61-44(32-39-18-13-11-14-19-39)56(72)60-42-25-22-40(23-26-42)35-59-47(67)21-15-12-16-30-66-48(68)28-29-49(66)69/h11,13-14,18-19,22-23,25-26,28-29,36-38,41,43-46,51-54H,10,12,15-17,20-21,24,27,30-35H2,1-9H3,(H,59,67)(H,60,72)(H,61,71)(H,62,73)/t37-,38+,41?,43-,44-,45-,46+,51-,52-,53-,54+/m0/s1. The van der Waals surface area contributed by atoms with Crippen LogP contribution in [0.2, 0.25) is 0 Å². The van der Waals surface area contributed by atoms with Gasteiger partial charge < -0.3 is 40.5 Å². The summed E-state index contributed by atoms with van der Waals surface area (Å²) in [6.45, 7) is 10.8. The summed E-state index contributed by atoms with van der Waals surface area (Å²) in [6, 6.07) is 14.0. The first-order valence-electron chi connectivity index (χ1n) is 27.6. The molecule has 11 atom stereocenters. The number of carbonyl (C=O) groups is 8. The molecule has 3 aliphatic heterocycles. The summed E-state index contributed by atoms with van der Waals surface area (Å²) in [5, 5.41) is 12.0. The predicted octanol–water partition coefficient (Wildman–Crippen LogP) is 5.00. The van der Waals surface area contributed by atoms with Crippen LogP contribution in [0.25, 0.3) is 0 Å². The van der Waals surface area contributed by atoms with Gasteiger partial charge >= 0.3 is 0 Å². The highest BCUT2D eigenvalue weighted by Gasteiger charge is 2.49. The third-order valence-corrected chi connectivity index (χ3v) is 16.5. The number of hydrogen-bond acceptors (Lipinski definition) is 11. The molecule has 2 aromatic rings.